The molecule has 1 aromatic heterocycles. The van der Waals surface area contributed by atoms with E-state index in [-0.39, 0.29) is 29.5 Å². The summed E-state index contributed by atoms with van der Waals surface area (Å²) in [6, 6.07) is 21.5. The van der Waals surface area contributed by atoms with Gasteiger partial charge in [0.05, 0.1) is 23.8 Å². The van der Waals surface area contributed by atoms with E-state index in [0.717, 1.165) is 5.56 Å². The van der Waals surface area contributed by atoms with Crippen molar-refractivity contribution in [3.05, 3.63) is 106 Å². The van der Waals surface area contributed by atoms with Gasteiger partial charge in [0.2, 0.25) is 0 Å². The molecule has 0 aliphatic carbocycles. The predicted octanol–water partition coefficient (Wildman–Crippen LogP) is 6.13. The van der Waals surface area contributed by atoms with Gasteiger partial charge in [0.1, 0.15) is 35.4 Å². The zero-order valence-electron chi connectivity index (χ0n) is 19.0. The molecule has 1 N–H and O–H groups in total. The number of benzene rings is 3. The number of carbonyl (C=O) groups is 1. The molecular formula is C26H22N2O7. The standard InChI is InChI=1S/C26H22N2O7/c1-17-4-3-5-22(12-17)34-24-14-18(13-19(15-24)28(30)31)27-26(29)25-11-10-23(35-25)16-33-21-8-6-20(32-2)7-9-21/h3-15H,16H2,1-2H3,(H,27,29). The van der Waals surface area contributed by atoms with Gasteiger partial charge in [0.15, 0.2) is 5.76 Å². The molecule has 0 aliphatic rings. The van der Waals surface area contributed by atoms with E-state index in [0.29, 0.717) is 23.0 Å². The average Bonchev–Trinajstić information content (AvgIpc) is 3.32. The number of hydrogen-bond acceptors (Lipinski definition) is 7. The lowest BCUT2D eigenvalue weighted by Gasteiger charge is -2.09. The molecule has 9 heteroatoms. The molecule has 178 valence electrons. The SMILES string of the molecule is COc1ccc(OCc2ccc(C(=O)Nc3cc(Oc4cccc(C)c4)cc([N+](=O)[O-])c3)o2)cc1. The van der Waals surface area contributed by atoms with E-state index in [4.69, 9.17) is 18.6 Å². The van der Waals surface area contributed by atoms with Crippen molar-refractivity contribution in [1.82, 2.24) is 0 Å². The number of nitrogens with one attached hydrogen (secondary N) is 1. The first-order chi connectivity index (χ1) is 16.9. The van der Waals surface area contributed by atoms with Crippen molar-refractivity contribution >= 4 is 17.3 Å². The van der Waals surface area contributed by atoms with E-state index in [1.807, 2.05) is 19.1 Å². The zero-order chi connectivity index (χ0) is 24.8. The van der Waals surface area contributed by atoms with Gasteiger partial charge in [-0.3, -0.25) is 14.9 Å². The van der Waals surface area contributed by atoms with Crippen molar-refractivity contribution in [1.29, 1.82) is 0 Å². The Hall–Kier alpha value is -4.79. The molecule has 0 unspecified atom stereocenters. The third-order valence-electron chi connectivity index (χ3n) is 4.91. The van der Waals surface area contributed by atoms with Crippen molar-refractivity contribution in [2.24, 2.45) is 0 Å². The Bertz CT molecular complexity index is 1350. The second-order valence-corrected chi connectivity index (χ2v) is 7.58. The van der Waals surface area contributed by atoms with Crippen LogP contribution >= 0.6 is 0 Å². The number of anilines is 1. The summed E-state index contributed by atoms with van der Waals surface area (Å²) >= 11 is 0. The molecule has 0 atom stereocenters. The number of rotatable bonds is 9. The smallest absolute Gasteiger partial charge is 0.291 e. The monoisotopic (exact) mass is 474 g/mol. The summed E-state index contributed by atoms with van der Waals surface area (Å²) in [6.07, 6.45) is 0. The molecule has 1 heterocycles. The third-order valence-corrected chi connectivity index (χ3v) is 4.91. The Labute approximate surface area is 201 Å². The fourth-order valence-electron chi connectivity index (χ4n) is 3.23. The molecule has 35 heavy (non-hydrogen) atoms. The number of nitro groups is 1. The lowest BCUT2D eigenvalue weighted by molar-refractivity contribution is -0.384. The molecular weight excluding hydrogens is 452 g/mol. The maximum atomic E-state index is 12.7. The molecule has 0 bridgehead atoms. The van der Waals surface area contributed by atoms with Gasteiger partial charge < -0.3 is 23.9 Å². The lowest BCUT2D eigenvalue weighted by Crippen LogP contribution is -2.11. The van der Waals surface area contributed by atoms with Crippen LogP contribution in [-0.2, 0) is 6.61 Å². The molecule has 9 nitrogen and oxygen atoms in total. The number of carbonyl (C=O) groups excluding carboxylic acids is 1. The van der Waals surface area contributed by atoms with E-state index >= 15 is 0 Å². The number of nitro benzene ring substituents is 1. The van der Waals surface area contributed by atoms with Crippen LogP contribution in [0, 0.1) is 17.0 Å². The number of amides is 1. The van der Waals surface area contributed by atoms with Crippen molar-refractivity contribution in [3.8, 4) is 23.0 Å². The first kappa shape index (κ1) is 23.4. The topological polar surface area (TPSA) is 113 Å². The van der Waals surface area contributed by atoms with E-state index in [2.05, 4.69) is 5.32 Å². The maximum Gasteiger partial charge on any atom is 0.291 e. The van der Waals surface area contributed by atoms with Crippen LogP contribution in [0.3, 0.4) is 0 Å². The Morgan fingerprint density at radius 1 is 0.943 bits per heavy atom. The molecule has 0 spiro atoms. The van der Waals surface area contributed by atoms with E-state index in [1.165, 1.54) is 24.3 Å². The summed E-state index contributed by atoms with van der Waals surface area (Å²) < 4.78 is 22.1. The highest BCUT2D eigenvalue weighted by molar-refractivity contribution is 6.02. The Kier molecular flexibility index (Phi) is 6.96. The lowest BCUT2D eigenvalue weighted by atomic mass is 10.2. The van der Waals surface area contributed by atoms with Crippen LogP contribution in [0.2, 0.25) is 0 Å². The second-order valence-electron chi connectivity index (χ2n) is 7.58. The van der Waals surface area contributed by atoms with Crippen molar-refractivity contribution in [2.75, 3.05) is 12.4 Å². The van der Waals surface area contributed by atoms with Crippen molar-refractivity contribution in [3.63, 3.8) is 0 Å². The largest absolute Gasteiger partial charge is 0.497 e. The van der Waals surface area contributed by atoms with E-state index in [9.17, 15) is 14.9 Å². The van der Waals surface area contributed by atoms with Gasteiger partial charge in [-0.2, -0.15) is 0 Å². The normalized spacial score (nSPS) is 10.5. The molecule has 4 aromatic rings. The summed E-state index contributed by atoms with van der Waals surface area (Å²) in [5.41, 5.74) is 0.948. The van der Waals surface area contributed by atoms with Gasteiger partial charge in [0, 0.05) is 12.1 Å². The number of non-ortho nitro benzene ring substituents is 1. The van der Waals surface area contributed by atoms with Crippen LogP contribution in [0.4, 0.5) is 11.4 Å². The Morgan fingerprint density at radius 2 is 1.71 bits per heavy atom. The van der Waals surface area contributed by atoms with Crippen molar-refractivity contribution < 1.29 is 28.3 Å². The van der Waals surface area contributed by atoms with E-state index in [1.54, 1.807) is 49.6 Å². The fraction of sp³-hybridized carbons (Fsp3) is 0.115. The molecule has 4 rings (SSSR count). The highest BCUT2D eigenvalue weighted by Crippen LogP contribution is 2.30. The van der Waals surface area contributed by atoms with Gasteiger partial charge >= 0.3 is 0 Å². The van der Waals surface area contributed by atoms with Crippen molar-refractivity contribution in [2.45, 2.75) is 13.5 Å². The molecule has 3 aromatic carbocycles. The summed E-state index contributed by atoms with van der Waals surface area (Å²) in [7, 11) is 1.58. The molecule has 1 amide bonds. The molecule has 0 saturated heterocycles. The highest BCUT2D eigenvalue weighted by Gasteiger charge is 2.16. The number of methoxy groups -OCH3 is 1. The Balaban J connectivity index is 1.44. The predicted molar refractivity (Wildman–Crippen MR) is 128 cm³/mol. The number of nitrogens with zero attached hydrogens (tertiary/aromatic N) is 1. The van der Waals surface area contributed by atoms with Gasteiger partial charge in [-0.1, -0.05) is 12.1 Å². The number of aryl methyl sites for hydroxylation is 1. The van der Waals surface area contributed by atoms with Gasteiger partial charge in [-0.15, -0.1) is 0 Å². The van der Waals surface area contributed by atoms with E-state index < -0.39 is 10.8 Å². The maximum absolute atomic E-state index is 12.7. The first-order valence-corrected chi connectivity index (χ1v) is 10.6. The van der Waals surface area contributed by atoms with Gasteiger partial charge in [-0.25, -0.2) is 0 Å². The molecule has 0 radical (unpaired) electrons. The molecule has 0 aliphatic heterocycles. The number of furan rings is 1. The summed E-state index contributed by atoms with van der Waals surface area (Å²) in [5.74, 6) is 1.97. The summed E-state index contributed by atoms with van der Waals surface area (Å²) in [4.78, 5) is 23.5. The second kappa shape index (κ2) is 10.4. The minimum absolute atomic E-state index is 0.0333. The average molecular weight is 474 g/mol. The van der Waals surface area contributed by atoms with Gasteiger partial charge in [0.25, 0.3) is 11.6 Å². The van der Waals surface area contributed by atoms with Crippen LogP contribution in [0.5, 0.6) is 23.0 Å². The zero-order valence-corrected chi connectivity index (χ0v) is 19.0. The van der Waals surface area contributed by atoms with Crippen LogP contribution in [0.1, 0.15) is 21.9 Å². The minimum Gasteiger partial charge on any atom is -0.497 e. The minimum atomic E-state index is -0.567. The highest BCUT2D eigenvalue weighted by atomic mass is 16.6. The van der Waals surface area contributed by atoms with Crippen LogP contribution < -0.4 is 19.5 Å². The summed E-state index contributed by atoms with van der Waals surface area (Å²) in [6.45, 7) is 2.02. The Morgan fingerprint density at radius 3 is 2.43 bits per heavy atom. The number of hydrogen-bond donors (Lipinski definition) is 1. The van der Waals surface area contributed by atoms with Crippen LogP contribution in [-0.4, -0.2) is 17.9 Å². The van der Waals surface area contributed by atoms with Gasteiger partial charge in [-0.05, 0) is 61.0 Å². The first-order valence-electron chi connectivity index (χ1n) is 10.6. The quantitative estimate of drug-likeness (QED) is 0.229. The summed E-state index contributed by atoms with van der Waals surface area (Å²) in [5, 5.41) is 14.0. The fourth-order valence-corrected chi connectivity index (χ4v) is 3.23. The van der Waals surface area contributed by atoms with Crippen LogP contribution in [0.25, 0.3) is 0 Å². The molecule has 0 saturated carbocycles. The third kappa shape index (κ3) is 6.17. The molecule has 0 fully saturated rings. The number of ether oxygens (including phenoxy) is 3. The van der Waals surface area contributed by atoms with Crippen LogP contribution in [0.15, 0.2) is 83.3 Å².